The molecule has 0 radical (unpaired) electrons. The first-order valence-corrected chi connectivity index (χ1v) is 3.91. The van der Waals surface area contributed by atoms with Crippen molar-refractivity contribution in [2.24, 2.45) is 4.99 Å². The number of isocyanates is 1. The number of carbonyl (C=O) groups excluding carboxylic acids is 2. The van der Waals surface area contributed by atoms with Gasteiger partial charge in [-0.15, -0.1) is 0 Å². The van der Waals surface area contributed by atoms with Gasteiger partial charge in [0.15, 0.2) is 0 Å². The molecule has 2 rings (SSSR count). The number of fused-ring (bicyclic) bond motifs is 1. The molecular formula is C9H5FN2O2. The minimum absolute atomic E-state index is 0.105. The zero-order valence-electron chi connectivity index (χ0n) is 7.00. The van der Waals surface area contributed by atoms with Crippen molar-refractivity contribution in [3.63, 3.8) is 0 Å². The van der Waals surface area contributed by atoms with Crippen LogP contribution in [0.4, 0.5) is 10.1 Å². The topological polar surface area (TPSA) is 58.5 Å². The first kappa shape index (κ1) is 8.59. The molecule has 0 bridgehead atoms. The molecule has 4 nitrogen and oxygen atoms in total. The van der Waals surface area contributed by atoms with E-state index in [-0.39, 0.29) is 23.7 Å². The lowest BCUT2D eigenvalue weighted by molar-refractivity contribution is 0.0966. The van der Waals surface area contributed by atoms with Crippen molar-refractivity contribution in [3.8, 4) is 0 Å². The Morgan fingerprint density at radius 1 is 1.50 bits per heavy atom. The molecule has 5 heteroatoms. The molecule has 1 amide bonds. The Balaban J connectivity index is 2.63. The van der Waals surface area contributed by atoms with Gasteiger partial charge in [0, 0.05) is 23.7 Å². The van der Waals surface area contributed by atoms with Gasteiger partial charge in [-0.05, 0) is 6.07 Å². The van der Waals surface area contributed by atoms with Crippen molar-refractivity contribution in [1.29, 1.82) is 0 Å². The van der Waals surface area contributed by atoms with Crippen LogP contribution in [0.15, 0.2) is 17.1 Å². The molecule has 1 aliphatic heterocycles. The summed E-state index contributed by atoms with van der Waals surface area (Å²) in [4.78, 5) is 24.4. The molecule has 0 aromatic heterocycles. The van der Waals surface area contributed by atoms with Crippen LogP contribution in [-0.4, -0.2) is 12.0 Å². The first-order valence-electron chi connectivity index (χ1n) is 3.91. The summed E-state index contributed by atoms with van der Waals surface area (Å²) < 4.78 is 13.3. The number of benzene rings is 1. The summed E-state index contributed by atoms with van der Waals surface area (Å²) in [5.74, 6) is -0.878. The van der Waals surface area contributed by atoms with E-state index in [0.29, 0.717) is 5.56 Å². The predicted molar refractivity (Wildman–Crippen MR) is 45.4 cm³/mol. The van der Waals surface area contributed by atoms with Gasteiger partial charge in [0.2, 0.25) is 6.08 Å². The first-order chi connectivity index (χ1) is 6.72. The fraction of sp³-hybridized carbons (Fsp3) is 0.111. The number of rotatable bonds is 1. The zero-order valence-corrected chi connectivity index (χ0v) is 7.00. The van der Waals surface area contributed by atoms with Gasteiger partial charge in [-0.3, -0.25) is 4.79 Å². The van der Waals surface area contributed by atoms with Crippen LogP contribution in [0, 0.1) is 5.82 Å². The lowest BCUT2D eigenvalue weighted by Gasteiger charge is -1.98. The van der Waals surface area contributed by atoms with E-state index >= 15 is 0 Å². The summed E-state index contributed by atoms with van der Waals surface area (Å²) in [6, 6.07) is 2.47. The quantitative estimate of drug-likeness (QED) is 0.533. The molecule has 1 aliphatic rings. The van der Waals surface area contributed by atoms with Gasteiger partial charge in [0.1, 0.15) is 5.82 Å². The molecule has 0 unspecified atom stereocenters. The maximum Gasteiger partial charge on any atom is 0.252 e. The molecule has 1 heterocycles. The highest BCUT2D eigenvalue weighted by Crippen LogP contribution is 2.24. The van der Waals surface area contributed by atoms with Gasteiger partial charge in [0.25, 0.3) is 5.91 Å². The second-order valence-electron chi connectivity index (χ2n) is 2.84. The third-order valence-corrected chi connectivity index (χ3v) is 2.03. The average Bonchev–Trinajstić information content (AvgIpc) is 2.49. The highest BCUT2D eigenvalue weighted by Gasteiger charge is 2.22. The van der Waals surface area contributed by atoms with Crippen molar-refractivity contribution in [3.05, 3.63) is 29.1 Å². The Bertz CT molecular complexity index is 464. The van der Waals surface area contributed by atoms with Crippen molar-refractivity contribution in [2.75, 3.05) is 0 Å². The van der Waals surface area contributed by atoms with E-state index in [2.05, 4.69) is 10.3 Å². The van der Waals surface area contributed by atoms with Crippen LogP contribution in [-0.2, 0) is 11.3 Å². The van der Waals surface area contributed by atoms with Crippen molar-refractivity contribution >= 4 is 17.7 Å². The zero-order chi connectivity index (χ0) is 10.1. The van der Waals surface area contributed by atoms with Crippen molar-refractivity contribution in [1.82, 2.24) is 5.32 Å². The van der Waals surface area contributed by atoms with Gasteiger partial charge >= 0.3 is 0 Å². The van der Waals surface area contributed by atoms with Crippen LogP contribution in [0.25, 0.3) is 0 Å². The molecule has 0 atom stereocenters. The van der Waals surface area contributed by atoms with Crippen LogP contribution in [0.3, 0.4) is 0 Å². The largest absolute Gasteiger partial charge is 0.348 e. The van der Waals surface area contributed by atoms with Gasteiger partial charge < -0.3 is 5.32 Å². The number of nitrogens with zero attached hydrogens (tertiary/aromatic N) is 1. The Kier molecular flexibility index (Phi) is 1.87. The molecule has 0 aliphatic carbocycles. The van der Waals surface area contributed by atoms with E-state index in [1.807, 2.05) is 0 Å². The normalized spacial score (nSPS) is 13.1. The summed E-state index contributed by atoms with van der Waals surface area (Å²) in [6.07, 6.45) is 1.29. The van der Waals surface area contributed by atoms with Crippen LogP contribution >= 0.6 is 0 Å². The number of aliphatic imine (C=N–C) groups is 1. The van der Waals surface area contributed by atoms with Gasteiger partial charge in [-0.25, -0.2) is 9.18 Å². The summed E-state index contributed by atoms with van der Waals surface area (Å²) in [5, 5.41) is 2.48. The molecular weight excluding hydrogens is 187 g/mol. The van der Waals surface area contributed by atoms with Gasteiger partial charge in [0.05, 0.1) is 5.69 Å². The van der Waals surface area contributed by atoms with E-state index in [4.69, 9.17) is 0 Å². The molecule has 1 N–H and O–H groups in total. The van der Waals surface area contributed by atoms with E-state index in [1.54, 1.807) is 0 Å². The molecule has 1 aromatic carbocycles. The third kappa shape index (κ3) is 1.20. The average molecular weight is 192 g/mol. The molecule has 70 valence electrons. The van der Waals surface area contributed by atoms with Crippen LogP contribution in [0.1, 0.15) is 15.9 Å². The molecule has 0 fully saturated rings. The van der Waals surface area contributed by atoms with Gasteiger partial charge in [-0.2, -0.15) is 4.99 Å². The monoisotopic (exact) mass is 192 g/mol. The smallest absolute Gasteiger partial charge is 0.252 e. The molecule has 0 saturated carbocycles. The molecule has 14 heavy (non-hydrogen) atoms. The number of nitrogens with one attached hydrogen (secondary N) is 1. The van der Waals surface area contributed by atoms with E-state index in [9.17, 15) is 14.0 Å². The number of amides is 1. The van der Waals surface area contributed by atoms with Gasteiger partial charge in [-0.1, -0.05) is 0 Å². The standard InChI is InChI=1S/C9H5FN2O2/c10-8-2-5(12-4-13)1-6-7(8)3-11-9(6)14/h1-2H,3H2,(H,11,14). The second kappa shape index (κ2) is 3.05. The maximum absolute atomic E-state index is 13.3. The third-order valence-electron chi connectivity index (χ3n) is 2.03. The Morgan fingerprint density at radius 3 is 3.00 bits per heavy atom. The minimum atomic E-state index is -0.533. The fourth-order valence-electron chi connectivity index (χ4n) is 1.39. The molecule has 1 aromatic rings. The highest BCUT2D eigenvalue weighted by atomic mass is 19.1. The van der Waals surface area contributed by atoms with E-state index in [1.165, 1.54) is 12.1 Å². The summed E-state index contributed by atoms with van der Waals surface area (Å²) in [5.41, 5.74) is 0.659. The predicted octanol–water partition coefficient (Wildman–Crippen LogP) is 1.04. The highest BCUT2D eigenvalue weighted by molar-refractivity contribution is 5.99. The van der Waals surface area contributed by atoms with Crippen molar-refractivity contribution in [2.45, 2.75) is 6.54 Å². The van der Waals surface area contributed by atoms with Crippen molar-refractivity contribution < 1.29 is 14.0 Å². The fourth-order valence-corrected chi connectivity index (χ4v) is 1.39. The van der Waals surface area contributed by atoms with E-state index in [0.717, 1.165) is 6.07 Å². The minimum Gasteiger partial charge on any atom is -0.348 e. The Hall–Kier alpha value is -2.00. The van der Waals surface area contributed by atoms with E-state index < -0.39 is 5.82 Å². The summed E-state index contributed by atoms with van der Waals surface area (Å²) in [6.45, 7) is 0.186. The second-order valence-corrected chi connectivity index (χ2v) is 2.84. The van der Waals surface area contributed by atoms with Crippen LogP contribution in [0.2, 0.25) is 0 Å². The lowest BCUT2D eigenvalue weighted by Crippen LogP contribution is -2.12. The number of carbonyl (C=O) groups is 1. The maximum atomic E-state index is 13.3. The molecule has 0 spiro atoms. The number of halogens is 1. The Morgan fingerprint density at radius 2 is 2.29 bits per heavy atom. The van der Waals surface area contributed by atoms with Crippen LogP contribution in [0.5, 0.6) is 0 Å². The number of hydrogen-bond acceptors (Lipinski definition) is 3. The summed E-state index contributed by atoms with van der Waals surface area (Å²) >= 11 is 0. The summed E-state index contributed by atoms with van der Waals surface area (Å²) in [7, 11) is 0. The lowest BCUT2D eigenvalue weighted by atomic mass is 10.1. The molecule has 0 saturated heterocycles. The van der Waals surface area contributed by atoms with Crippen LogP contribution < -0.4 is 5.32 Å². The SMILES string of the molecule is O=C=Nc1cc(F)c2c(c1)C(=O)NC2. The number of hydrogen-bond donors (Lipinski definition) is 1. The Labute approximate surface area is 78.5 Å².